The second-order valence-corrected chi connectivity index (χ2v) is 13.0. The zero-order valence-electron chi connectivity index (χ0n) is 26.1. The predicted octanol–water partition coefficient (Wildman–Crippen LogP) is 11.5. The molecule has 7 aromatic carbocycles. The molecule has 4 heterocycles. The van der Waals surface area contributed by atoms with E-state index in [1.54, 1.807) is 0 Å². The van der Waals surface area contributed by atoms with Crippen LogP contribution in [0, 0.1) is 0 Å². The van der Waals surface area contributed by atoms with E-state index in [9.17, 15) is 0 Å². The van der Waals surface area contributed by atoms with Crippen LogP contribution in [-0.2, 0) is 0 Å². The second kappa shape index (κ2) is 9.60. The maximum Gasteiger partial charge on any atom is 0.131 e. The number of anilines is 1. The minimum absolute atomic E-state index is 0.00548. The molecular weight excluding hydrogens is 583 g/mol. The smallest absolute Gasteiger partial charge is 0.131 e. The number of hydrogen-bond acceptors (Lipinski definition) is 1. The van der Waals surface area contributed by atoms with E-state index in [0.717, 1.165) is 0 Å². The molecule has 1 unspecified atom stereocenters. The first-order valence-electron chi connectivity index (χ1n) is 16.6. The number of fused-ring (bicyclic) bond motifs is 10. The lowest BCUT2D eigenvalue weighted by Gasteiger charge is -2.30. The Morgan fingerprint density at radius 1 is 0.438 bits per heavy atom. The molecule has 0 saturated heterocycles. The van der Waals surface area contributed by atoms with Gasteiger partial charge in [-0.15, -0.1) is 0 Å². The normalized spacial score (nSPS) is 15.0. The minimum Gasteiger partial charge on any atom is -0.361 e. The fourth-order valence-corrected chi connectivity index (χ4v) is 8.50. The van der Waals surface area contributed by atoms with E-state index in [4.69, 9.17) is 0 Å². The van der Waals surface area contributed by atoms with Crippen molar-refractivity contribution < 1.29 is 0 Å². The van der Waals surface area contributed by atoms with Gasteiger partial charge in [-0.25, -0.2) is 0 Å². The SMILES string of the molecule is c1ccc(C2=C3c4cc(-c5ccc6c(c5)c5ccccc5n6-c5ccccc5)cc5c6ccccc6n(c45)C3Nc3ccccc32)cc1. The molecule has 2 aromatic heterocycles. The van der Waals surface area contributed by atoms with Crippen LogP contribution in [-0.4, -0.2) is 9.13 Å². The van der Waals surface area contributed by atoms with Gasteiger partial charge in [-0.3, -0.25) is 0 Å². The topological polar surface area (TPSA) is 21.9 Å². The second-order valence-electron chi connectivity index (χ2n) is 13.0. The summed E-state index contributed by atoms with van der Waals surface area (Å²) in [5, 5.41) is 9.09. The van der Waals surface area contributed by atoms with Gasteiger partial charge < -0.3 is 14.5 Å². The molecule has 1 atom stereocenters. The maximum atomic E-state index is 3.97. The summed E-state index contributed by atoms with van der Waals surface area (Å²) < 4.78 is 4.92. The standard InChI is InChI=1S/C45H29N3/c1-3-13-28(14-4-1)42-34-19-7-10-20-38(34)46-45-43(42)37-27-30(26-36-33-18-9-12-22-40(33)48(45)44(36)37)29-23-24-41-35(25-29)32-17-8-11-21-39(32)47(41)31-15-5-2-6-16-31/h1-27,45-46H. The Hall–Kier alpha value is -6.32. The largest absolute Gasteiger partial charge is 0.361 e. The summed E-state index contributed by atoms with van der Waals surface area (Å²) in [5.74, 6) is 0. The fourth-order valence-electron chi connectivity index (χ4n) is 8.50. The lowest BCUT2D eigenvalue weighted by Crippen LogP contribution is -2.21. The van der Waals surface area contributed by atoms with Crippen LogP contribution in [0.5, 0.6) is 0 Å². The van der Waals surface area contributed by atoms with E-state index in [-0.39, 0.29) is 6.17 Å². The third kappa shape index (κ3) is 3.42. The monoisotopic (exact) mass is 611 g/mol. The van der Waals surface area contributed by atoms with E-state index in [2.05, 4.69) is 178 Å². The molecule has 224 valence electrons. The highest BCUT2D eigenvalue weighted by atomic mass is 15.2. The molecule has 9 aromatic rings. The van der Waals surface area contributed by atoms with Crippen LogP contribution in [0.25, 0.3) is 71.6 Å². The van der Waals surface area contributed by atoms with E-state index in [1.807, 2.05) is 0 Å². The van der Waals surface area contributed by atoms with Crippen LogP contribution in [0.1, 0.15) is 22.9 Å². The van der Waals surface area contributed by atoms with Crippen molar-refractivity contribution in [3.05, 3.63) is 180 Å². The van der Waals surface area contributed by atoms with Crippen LogP contribution >= 0.6 is 0 Å². The molecule has 0 saturated carbocycles. The van der Waals surface area contributed by atoms with Crippen molar-refractivity contribution >= 4 is 60.4 Å². The van der Waals surface area contributed by atoms with E-state index in [1.165, 1.54) is 93.9 Å². The van der Waals surface area contributed by atoms with Gasteiger partial charge in [0.15, 0.2) is 0 Å². The van der Waals surface area contributed by atoms with Crippen molar-refractivity contribution in [1.29, 1.82) is 0 Å². The third-order valence-electron chi connectivity index (χ3n) is 10.5. The van der Waals surface area contributed by atoms with Crippen LogP contribution < -0.4 is 5.32 Å². The molecule has 0 fully saturated rings. The van der Waals surface area contributed by atoms with Gasteiger partial charge in [0, 0.05) is 49.6 Å². The molecule has 0 amide bonds. The zero-order valence-corrected chi connectivity index (χ0v) is 26.1. The number of aromatic nitrogens is 2. The van der Waals surface area contributed by atoms with Crippen molar-refractivity contribution in [3.8, 4) is 16.8 Å². The number of benzene rings is 7. The first-order valence-corrected chi connectivity index (χ1v) is 16.6. The molecular formula is C45H29N3. The Labute approximate surface area is 277 Å². The van der Waals surface area contributed by atoms with Crippen LogP contribution in [0.2, 0.25) is 0 Å². The molecule has 48 heavy (non-hydrogen) atoms. The number of nitrogens with zero attached hydrogens (tertiary/aromatic N) is 2. The predicted molar refractivity (Wildman–Crippen MR) is 201 cm³/mol. The van der Waals surface area contributed by atoms with Gasteiger partial charge in [0.2, 0.25) is 0 Å². The molecule has 0 radical (unpaired) electrons. The molecule has 1 N–H and O–H groups in total. The lowest BCUT2D eigenvalue weighted by molar-refractivity contribution is 0.763. The number of para-hydroxylation sites is 4. The Bertz CT molecular complexity index is 2800. The molecule has 2 aliphatic rings. The highest BCUT2D eigenvalue weighted by molar-refractivity contribution is 6.20. The summed E-state index contributed by atoms with van der Waals surface area (Å²) in [7, 11) is 0. The van der Waals surface area contributed by atoms with Crippen molar-refractivity contribution in [2.75, 3.05) is 5.32 Å². The van der Waals surface area contributed by atoms with Gasteiger partial charge in [0.1, 0.15) is 6.17 Å². The summed E-state index contributed by atoms with van der Waals surface area (Å²) in [6.07, 6.45) is -0.00548. The lowest BCUT2D eigenvalue weighted by atomic mass is 9.84. The van der Waals surface area contributed by atoms with Crippen molar-refractivity contribution in [2.45, 2.75) is 6.17 Å². The van der Waals surface area contributed by atoms with Gasteiger partial charge >= 0.3 is 0 Å². The van der Waals surface area contributed by atoms with Crippen LogP contribution in [0.4, 0.5) is 5.69 Å². The highest BCUT2D eigenvalue weighted by Gasteiger charge is 2.38. The molecule has 3 nitrogen and oxygen atoms in total. The quantitative estimate of drug-likeness (QED) is 0.211. The van der Waals surface area contributed by atoms with E-state index < -0.39 is 0 Å². The van der Waals surface area contributed by atoms with Gasteiger partial charge in [-0.2, -0.15) is 0 Å². The minimum atomic E-state index is -0.00548. The summed E-state index contributed by atoms with van der Waals surface area (Å²) in [5.41, 5.74) is 16.3. The fraction of sp³-hybridized carbons (Fsp3) is 0.0222. The Morgan fingerprint density at radius 3 is 1.92 bits per heavy atom. The number of rotatable bonds is 3. The van der Waals surface area contributed by atoms with Gasteiger partial charge in [-0.05, 0) is 76.9 Å². The Balaban J connectivity index is 1.22. The summed E-state index contributed by atoms with van der Waals surface area (Å²) in [6, 6.07) is 59.9. The Kier molecular flexibility index (Phi) is 5.17. The highest BCUT2D eigenvalue weighted by Crippen LogP contribution is 2.55. The molecule has 0 spiro atoms. The summed E-state index contributed by atoms with van der Waals surface area (Å²) >= 11 is 0. The first kappa shape index (κ1) is 25.8. The average Bonchev–Trinajstić information content (AvgIpc) is 3.79. The van der Waals surface area contributed by atoms with Gasteiger partial charge in [0.25, 0.3) is 0 Å². The molecule has 11 rings (SSSR count). The molecule has 0 aliphatic carbocycles. The number of nitrogens with one attached hydrogen (secondary N) is 1. The summed E-state index contributed by atoms with van der Waals surface area (Å²) in [6.45, 7) is 0. The zero-order chi connectivity index (χ0) is 31.3. The maximum absolute atomic E-state index is 3.97. The first-order chi connectivity index (χ1) is 23.8. The molecule has 3 heteroatoms. The van der Waals surface area contributed by atoms with Gasteiger partial charge in [0.05, 0.1) is 22.1 Å². The van der Waals surface area contributed by atoms with Crippen LogP contribution in [0.15, 0.2) is 164 Å². The third-order valence-corrected chi connectivity index (χ3v) is 10.5. The number of hydrogen-bond donors (Lipinski definition) is 1. The van der Waals surface area contributed by atoms with Crippen molar-refractivity contribution in [2.24, 2.45) is 0 Å². The average molecular weight is 612 g/mol. The molecule has 2 aliphatic heterocycles. The van der Waals surface area contributed by atoms with E-state index in [0.29, 0.717) is 0 Å². The molecule has 0 bridgehead atoms. The van der Waals surface area contributed by atoms with Crippen molar-refractivity contribution in [3.63, 3.8) is 0 Å². The van der Waals surface area contributed by atoms with Crippen LogP contribution in [0.3, 0.4) is 0 Å². The van der Waals surface area contributed by atoms with Gasteiger partial charge in [-0.1, -0.05) is 109 Å². The Morgan fingerprint density at radius 2 is 1.08 bits per heavy atom. The van der Waals surface area contributed by atoms with Crippen molar-refractivity contribution in [1.82, 2.24) is 9.13 Å². The summed E-state index contributed by atoms with van der Waals surface area (Å²) in [4.78, 5) is 0. The van der Waals surface area contributed by atoms with E-state index >= 15 is 0 Å².